The van der Waals surface area contributed by atoms with Crippen molar-refractivity contribution in [3.8, 4) is 5.75 Å². The number of benzene rings is 2. The lowest BCUT2D eigenvalue weighted by Gasteiger charge is -2.26. The number of nitrogens with one attached hydrogen (secondary N) is 1. The van der Waals surface area contributed by atoms with Crippen molar-refractivity contribution in [2.24, 2.45) is 0 Å². The van der Waals surface area contributed by atoms with Gasteiger partial charge in [0.1, 0.15) is 11.4 Å². The molecular weight excluding hydrogens is 352 g/mol. The highest BCUT2D eigenvalue weighted by molar-refractivity contribution is 5.92. The Morgan fingerprint density at radius 3 is 2.50 bits per heavy atom. The lowest BCUT2D eigenvalue weighted by molar-refractivity contribution is 0.0684. The topological polar surface area (TPSA) is 67.3 Å². The molecule has 0 unspecified atom stereocenters. The fourth-order valence-electron chi connectivity index (χ4n) is 2.82. The number of carbonyl (C=O) groups excluding carboxylic acids is 1. The quantitative estimate of drug-likeness (QED) is 0.667. The second kappa shape index (κ2) is 8.99. The lowest BCUT2D eigenvalue weighted by Crippen LogP contribution is -2.37. The van der Waals surface area contributed by atoms with Gasteiger partial charge in [0.05, 0.1) is 12.8 Å². The largest absolute Gasteiger partial charge is 0.495 e. The van der Waals surface area contributed by atoms with Gasteiger partial charge in [-0.1, -0.05) is 42.5 Å². The van der Waals surface area contributed by atoms with Crippen LogP contribution in [0.15, 0.2) is 66.9 Å². The van der Waals surface area contributed by atoms with E-state index in [-0.39, 0.29) is 11.9 Å². The molecule has 28 heavy (non-hydrogen) atoms. The minimum Gasteiger partial charge on any atom is -0.495 e. The molecule has 0 bridgehead atoms. The fourth-order valence-corrected chi connectivity index (χ4v) is 2.82. The summed E-state index contributed by atoms with van der Waals surface area (Å²) < 4.78 is 5.34. The zero-order valence-corrected chi connectivity index (χ0v) is 16.3. The molecular formula is C22H24N4O2. The molecule has 0 fully saturated rings. The molecule has 0 saturated heterocycles. The molecule has 1 N–H and O–H groups in total. The Bertz CT molecular complexity index is 929. The van der Waals surface area contributed by atoms with Crippen LogP contribution in [-0.4, -0.2) is 33.9 Å². The second-order valence-corrected chi connectivity index (χ2v) is 6.60. The summed E-state index contributed by atoms with van der Waals surface area (Å²) in [4.78, 5) is 23.5. The summed E-state index contributed by atoms with van der Waals surface area (Å²) in [5.74, 6) is 0.888. The maximum Gasteiger partial charge on any atom is 0.273 e. The minimum absolute atomic E-state index is 0.0355. The van der Waals surface area contributed by atoms with E-state index < -0.39 is 0 Å². The van der Waals surface area contributed by atoms with E-state index in [1.165, 1.54) is 0 Å². The second-order valence-electron chi connectivity index (χ2n) is 6.60. The van der Waals surface area contributed by atoms with Crippen LogP contribution >= 0.6 is 0 Å². The van der Waals surface area contributed by atoms with Crippen molar-refractivity contribution in [3.05, 3.63) is 78.1 Å². The summed E-state index contributed by atoms with van der Waals surface area (Å²) in [6, 6.07) is 19.1. The predicted molar refractivity (Wildman–Crippen MR) is 110 cm³/mol. The van der Waals surface area contributed by atoms with Crippen molar-refractivity contribution in [2.75, 3.05) is 12.4 Å². The highest BCUT2D eigenvalue weighted by atomic mass is 16.5. The number of amides is 1. The van der Waals surface area contributed by atoms with Crippen LogP contribution in [0.4, 0.5) is 11.6 Å². The summed E-state index contributed by atoms with van der Waals surface area (Å²) in [5.41, 5.74) is 2.16. The zero-order chi connectivity index (χ0) is 19.9. The van der Waals surface area contributed by atoms with Crippen LogP contribution in [0, 0.1) is 0 Å². The number of hydrogen-bond donors (Lipinski definition) is 1. The van der Waals surface area contributed by atoms with E-state index in [9.17, 15) is 4.79 Å². The van der Waals surface area contributed by atoms with Crippen molar-refractivity contribution >= 4 is 17.5 Å². The minimum atomic E-state index is -0.135. The first-order chi connectivity index (χ1) is 13.6. The number of aromatic nitrogens is 2. The number of hydrogen-bond acceptors (Lipinski definition) is 5. The van der Waals surface area contributed by atoms with Gasteiger partial charge in [-0.15, -0.1) is 0 Å². The van der Waals surface area contributed by atoms with E-state index in [4.69, 9.17) is 4.74 Å². The molecule has 0 aliphatic carbocycles. The molecule has 3 rings (SSSR count). The Kier molecular flexibility index (Phi) is 6.22. The van der Waals surface area contributed by atoms with Gasteiger partial charge < -0.3 is 15.0 Å². The standard InChI is InChI=1S/C22H24N4O2/c1-16(2)26(15-17-9-5-4-6-10-17)21(27)19-13-14-23-22(25-19)24-18-11-7-8-12-20(18)28-3/h4-14,16H,15H2,1-3H3,(H,23,24,25). The molecule has 144 valence electrons. The third-order valence-electron chi connectivity index (χ3n) is 4.31. The van der Waals surface area contributed by atoms with Crippen LogP contribution in [0.2, 0.25) is 0 Å². The van der Waals surface area contributed by atoms with E-state index in [1.807, 2.05) is 68.4 Å². The number of carbonyl (C=O) groups is 1. The normalized spacial score (nSPS) is 10.6. The molecule has 0 aliphatic rings. The molecule has 6 heteroatoms. The van der Waals surface area contributed by atoms with E-state index in [0.717, 1.165) is 11.3 Å². The summed E-state index contributed by atoms with van der Waals surface area (Å²) in [5, 5.41) is 3.12. The van der Waals surface area contributed by atoms with Crippen LogP contribution in [0.3, 0.4) is 0 Å². The molecule has 0 atom stereocenters. The van der Waals surface area contributed by atoms with Crippen LogP contribution in [0.5, 0.6) is 5.75 Å². The number of nitrogens with zero attached hydrogens (tertiary/aromatic N) is 3. The fraction of sp³-hybridized carbons (Fsp3) is 0.227. The van der Waals surface area contributed by atoms with Crippen LogP contribution in [0.25, 0.3) is 0 Å². The Morgan fingerprint density at radius 2 is 1.79 bits per heavy atom. The molecule has 0 aliphatic heterocycles. The van der Waals surface area contributed by atoms with Gasteiger partial charge in [0, 0.05) is 18.8 Å². The SMILES string of the molecule is COc1ccccc1Nc1nccc(C(=O)N(Cc2ccccc2)C(C)C)n1. The molecule has 0 saturated carbocycles. The smallest absolute Gasteiger partial charge is 0.273 e. The average Bonchev–Trinajstić information content (AvgIpc) is 2.72. The van der Waals surface area contributed by atoms with E-state index >= 15 is 0 Å². The van der Waals surface area contributed by atoms with Crippen molar-refractivity contribution < 1.29 is 9.53 Å². The number of anilines is 2. The molecule has 0 radical (unpaired) electrons. The van der Waals surface area contributed by atoms with Crippen molar-refractivity contribution in [1.29, 1.82) is 0 Å². The van der Waals surface area contributed by atoms with E-state index in [2.05, 4.69) is 15.3 Å². The number of methoxy groups -OCH3 is 1. The van der Waals surface area contributed by atoms with Gasteiger partial charge >= 0.3 is 0 Å². The van der Waals surface area contributed by atoms with Crippen LogP contribution in [-0.2, 0) is 6.54 Å². The van der Waals surface area contributed by atoms with Gasteiger partial charge in [-0.25, -0.2) is 9.97 Å². The summed E-state index contributed by atoms with van der Waals surface area (Å²) >= 11 is 0. The third kappa shape index (κ3) is 4.65. The van der Waals surface area contributed by atoms with Crippen LogP contribution < -0.4 is 10.1 Å². The predicted octanol–water partition coefficient (Wildman–Crippen LogP) is 4.28. The maximum absolute atomic E-state index is 13.1. The molecule has 1 aromatic heterocycles. The first-order valence-corrected chi connectivity index (χ1v) is 9.16. The number of rotatable bonds is 7. The molecule has 6 nitrogen and oxygen atoms in total. The Morgan fingerprint density at radius 1 is 1.07 bits per heavy atom. The van der Waals surface area contributed by atoms with Crippen molar-refractivity contribution in [3.63, 3.8) is 0 Å². The molecule has 2 aromatic carbocycles. The van der Waals surface area contributed by atoms with Gasteiger partial charge in [-0.3, -0.25) is 4.79 Å². The summed E-state index contributed by atoms with van der Waals surface area (Å²) in [6.07, 6.45) is 1.58. The molecule has 3 aromatic rings. The first-order valence-electron chi connectivity index (χ1n) is 9.16. The van der Waals surface area contributed by atoms with Gasteiger partial charge in [0.25, 0.3) is 5.91 Å². The molecule has 0 spiro atoms. The van der Waals surface area contributed by atoms with Crippen LogP contribution in [0.1, 0.15) is 29.9 Å². The molecule has 1 heterocycles. The highest BCUT2D eigenvalue weighted by Crippen LogP contribution is 2.25. The van der Waals surface area contributed by atoms with Crippen molar-refractivity contribution in [2.45, 2.75) is 26.4 Å². The van der Waals surface area contributed by atoms with Gasteiger partial charge in [0.15, 0.2) is 0 Å². The monoisotopic (exact) mass is 376 g/mol. The number of ether oxygens (including phenoxy) is 1. The Hall–Kier alpha value is -3.41. The lowest BCUT2D eigenvalue weighted by atomic mass is 10.1. The van der Waals surface area contributed by atoms with E-state index in [0.29, 0.717) is 23.9 Å². The molecule has 1 amide bonds. The van der Waals surface area contributed by atoms with Crippen molar-refractivity contribution in [1.82, 2.24) is 14.9 Å². The Labute approximate surface area is 165 Å². The highest BCUT2D eigenvalue weighted by Gasteiger charge is 2.21. The zero-order valence-electron chi connectivity index (χ0n) is 16.3. The van der Waals surface area contributed by atoms with Gasteiger partial charge in [0.2, 0.25) is 5.95 Å². The van der Waals surface area contributed by atoms with Gasteiger partial charge in [-0.2, -0.15) is 0 Å². The average molecular weight is 376 g/mol. The number of para-hydroxylation sites is 2. The van der Waals surface area contributed by atoms with E-state index in [1.54, 1.807) is 24.3 Å². The third-order valence-corrected chi connectivity index (χ3v) is 4.31. The summed E-state index contributed by atoms with van der Waals surface area (Å²) in [7, 11) is 1.60. The van der Waals surface area contributed by atoms with Gasteiger partial charge in [-0.05, 0) is 37.6 Å². The maximum atomic E-state index is 13.1. The Balaban J connectivity index is 1.82. The first kappa shape index (κ1) is 19.4. The summed E-state index contributed by atoms with van der Waals surface area (Å²) in [6.45, 7) is 4.52.